The Labute approximate surface area is 164 Å². The summed E-state index contributed by atoms with van der Waals surface area (Å²) >= 11 is 0. The number of nitrogens with one attached hydrogen (secondary N) is 1. The van der Waals surface area contributed by atoms with Crippen LogP contribution in [0.25, 0.3) is 0 Å². The third kappa shape index (κ3) is 4.66. The van der Waals surface area contributed by atoms with Crippen LogP contribution in [0.3, 0.4) is 0 Å². The lowest BCUT2D eigenvalue weighted by molar-refractivity contribution is 0.224. The smallest absolute Gasteiger partial charge is 0.142 e. The number of rotatable bonds is 6. The molecule has 0 aromatic heterocycles. The Morgan fingerprint density at radius 2 is 1.77 bits per heavy atom. The van der Waals surface area contributed by atoms with Gasteiger partial charge in [-0.1, -0.05) is 24.3 Å². The van der Waals surface area contributed by atoms with Crippen LogP contribution in [-0.4, -0.2) is 59.3 Å². The van der Waals surface area contributed by atoms with Gasteiger partial charge in [-0.25, -0.2) is 0 Å². The summed E-state index contributed by atoms with van der Waals surface area (Å²) in [6.45, 7) is 14.8. The minimum absolute atomic E-state index is 0.112. The number of nitrogens with zero attached hydrogens (tertiary/aromatic N) is 3. The van der Waals surface area contributed by atoms with Gasteiger partial charge in [0.1, 0.15) is 0 Å². The van der Waals surface area contributed by atoms with Crippen LogP contribution >= 0.6 is 17.1 Å². The molecule has 1 aromatic rings. The third-order valence-corrected chi connectivity index (χ3v) is 10.6. The highest BCUT2D eigenvalue weighted by Gasteiger charge is 2.59. The van der Waals surface area contributed by atoms with Crippen molar-refractivity contribution in [2.45, 2.75) is 59.0 Å². The van der Waals surface area contributed by atoms with E-state index in [1.54, 1.807) is 0 Å². The van der Waals surface area contributed by atoms with Crippen LogP contribution in [0.1, 0.15) is 46.6 Å². The molecule has 0 saturated carbocycles. The predicted molar refractivity (Wildman–Crippen MR) is 121 cm³/mol. The van der Waals surface area contributed by atoms with E-state index in [1.807, 2.05) is 0 Å². The summed E-state index contributed by atoms with van der Waals surface area (Å²) in [5.74, 6) is 0. The molecule has 2 rings (SSSR count). The molecule has 1 aromatic carbocycles. The minimum Gasteiger partial charge on any atom is -0.142 e. The molecule has 1 fully saturated rings. The van der Waals surface area contributed by atoms with Crippen molar-refractivity contribution in [1.29, 1.82) is 0 Å². The molecule has 0 aliphatic carbocycles. The highest BCUT2D eigenvalue weighted by molar-refractivity contribution is 7.67. The van der Waals surface area contributed by atoms with Crippen LogP contribution in [-0.2, 0) is 6.42 Å². The van der Waals surface area contributed by atoms with E-state index in [2.05, 4.69) is 101 Å². The van der Waals surface area contributed by atoms with Crippen LogP contribution in [0, 0.1) is 0 Å². The summed E-state index contributed by atoms with van der Waals surface area (Å²) in [4.78, 5) is 0. The van der Waals surface area contributed by atoms with Gasteiger partial charge >= 0.3 is 7.87 Å². The van der Waals surface area contributed by atoms with Crippen molar-refractivity contribution < 1.29 is 0 Å². The lowest BCUT2D eigenvalue weighted by Crippen LogP contribution is -2.59. The van der Waals surface area contributed by atoms with Crippen molar-refractivity contribution in [3.8, 4) is 0 Å². The van der Waals surface area contributed by atoms with Gasteiger partial charge in [0.25, 0.3) is 0 Å². The zero-order valence-electron chi connectivity index (χ0n) is 17.8. The Balaban J connectivity index is 2.33. The second-order valence-corrected chi connectivity index (χ2v) is 12.3. The molecule has 26 heavy (non-hydrogen) atoms. The predicted octanol–water partition coefficient (Wildman–Crippen LogP) is 3.77. The van der Waals surface area contributed by atoms with Crippen LogP contribution in [0.15, 0.2) is 24.3 Å². The fourth-order valence-corrected chi connectivity index (χ4v) is 8.54. The first-order valence-corrected chi connectivity index (χ1v) is 12.1. The van der Waals surface area contributed by atoms with E-state index in [-0.39, 0.29) is 5.54 Å². The Bertz CT molecular complexity index is 568. The number of benzene rings is 1. The molecule has 0 amide bonds. The third-order valence-electron chi connectivity index (χ3n) is 5.61. The first-order valence-electron chi connectivity index (χ1n) is 9.87. The van der Waals surface area contributed by atoms with Gasteiger partial charge in [-0.2, -0.15) is 0 Å². The molecule has 148 valence electrons. The summed E-state index contributed by atoms with van der Waals surface area (Å²) in [6, 6.07) is 9.45. The Hall–Kier alpha value is -0.0800. The first-order chi connectivity index (χ1) is 12.1. The normalized spacial score (nSPS) is 25.2. The summed E-state index contributed by atoms with van der Waals surface area (Å²) in [5, 5.41) is 5.42. The van der Waals surface area contributed by atoms with Crippen molar-refractivity contribution in [1.82, 2.24) is 19.1 Å². The summed E-state index contributed by atoms with van der Waals surface area (Å²) in [6.07, 6.45) is 2.29. The maximum Gasteiger partial charge on any atom is 0.306 e. The van der Waals surface area contributed by atoms with Crippen molar-refractivity contribution in [2.75, 3.05) is 33.7 Å². The molecule has 1 aliphatic rings. The van der Waals surface area contributed by atoms with Crippen molar-refractivity contribution in [3.05, 3.63) is 29.8 Å². The van der Waals surface area contributed by atoms with Gasteiger partial charge in [0.05, 0.1) is 11.6 Å². The largest absolute Gasteiger partial charge is 0.306 e. The van der Waals surface area contributed by atoms with Gasteiger partial charge in [-0.3, -0.25) is 0 Å². The molecule has 0 spiro atoms. The quantitative estimate of drug-likeness (QED) is 0.738. The molecular weight excluding hydrogens is 358 g/mol. The van der Waals surface area contributed by atoms with E-state index in [0.717, 1.165) is 26.1 Å². The summed E-state index contributed by atoms with van der Waals surface area (Å²) in [5.41, 5.74) is 1.54. The Kier molecular flexibility index (Phi) is 7.64. The number of hydrogen-bond acceptors (Lipinski definition) is 4. The van der Waals surface area contributed by atoms with Crippen LogP contribution < -0.4 is 10.4 Å². The maximum atomic E-state index is 4.17. The average Bonchev–Trinajstić information content (AvgIpc) is 2.59. The van der Waals surface area contributed by atoms with Gasteiger partial charge in [-0.15, -0.1) is 28.3 Å². The van der Waals surface area contributed by atoms with E-state index in [4.69, 9.17) is 0 Å². The van der Waals surface area contributed by atoms with Crippen molar-refractivity contribution in [2.24, 2.45) is 0 Å². The molecular formula is C20H39N4P2+. The highest BCUT2D eigenvalue weighted by Crippen LogP contribution is 2.66. The standard InChI is InChI=1S/C20H39N4P2/c1-8-24(9-2)26(23(7)20(3,4)5)21-18(14-15-22(26)6)16-17-10-12-19(25)13-11-17/h10-13,18,21H,8-9,14-16,25H2,1-7H3/q+1. The second-order valence-electron chi connectivity index (χ2n) is 8.34. The van der Waals surface area contributed by atoms with Gasteiger partial charge in [0.2, 0.25) is 0 Å². The van der Waals surface area contributed by atoms with Gasteiger partial charge < -0.3 is 0 Å². The molecule has 1 heterocycles. The molecule has 6 heteroatoms. The first kappa shape index (κ1) is 22.2. The zero-order valence-corrected chi connectivity index (χ0v) is 19.8. The van der Waals surface area contributed by atoms with E-state index >= 15 is 0 Å². The fraction of sp³-hybridized carbons (Fsp3) is 0.700. The van der Waals surface area contributed by atoms with Gasteiger partial charge in [-0.05, 0) is 58.3 Å². The molecule has 3 atom stereocenters. The minimum atomic E-state index is -1.76. The average molecular weight is 398 g/mol. The Morgan fingerprint density at radius 3 is 2.27 bits per heavy atom. The molecule has 3 unspecified atom stereocenters. The van der Waals surface area contributed by atoms with Gasteiger partial charge in [0.15, 0.2) is 0 Å². The van der Waals surface area contributed by atoms with Crippen LogP contribution in [0.4, 0.5) is 0 Å². The molecule has 0 bridgehead atoms. The number of hydrogen-bond donors (Lipinski definition) is 1. The summed E-state index contributed by atoms with van der Waals surface area (Å²) < 4.78 is 7.88. The summed E-state index contributed by atoms with van der Waals surface area (Å²) in [7, 11) is 5.63. The monoisotopic (exact) mass is 397 g/mol. The highest BCUT2D eigenvalue weighted by atomic mass is 31.2. The second kappa shape index (κ2) is 8.95. The van der Waals surface area contributed by atoms with E-state index in [1.165, 1.54) is 17.3 Å². The lowest BCUT2D eigenvalue weighted by atomic mass is 10.0. The zero-order chi connectivity index (χ0) is 19.5. The molecule has 4 nitrogen and oxygen atoms in total. The molecule has 1 aliphatic heterocycles. The van der Waals surface area contributed by atoms with Crippen LogP contribution in [0.5, 0.6) is 0 Å². The molecule has 1 saturated heterocycles. The molecule has 1 N–H and O–H groups in total. The van der Waals surface area contributed by atoms with Crippen molar-refractivity contribution >= 4 is 22.4 Å². The lowest BCUT2D eigenvalue weighted by Gasteiger charge is -2.52. The van der Waals surface area contributed by atoms with Crippen molar-refractivity contribution in [3.63, 3.8) is 0 Å². The van der Waals surface area contributed by atoms with Gasteiger partial charge in [0, 0.05) is 33.7 Å². The van der Waals surface area contributed by atoms with Crippen LogP contribution in [0.2, 0.25) is 0 Å². The maximum absolute atomic E-state index is 4.17. The van der Waals surface area contributed by atoms with E-state index < -0.39 is 7.87 Å². The topological polar surface area (TPSA) is 21.8 Å². The fourth-order valence-electron chi connectivity index (χ4n) is 3.82. The van der Waals surface area contributed by atoms with E-state index in [9.17, 15) is 0 Å². The Morgan fingerprint density at radius 1 is 1.19 bits per heavy atom. The SMILES string of the molecule is CCN(CC)[P+]1(N(C)C(C)(C)C)NC(Cc2ccc(P)cc2)CCN1C. The molecule has 0 radical (unpaired) electrons. The van der Waals surface area contributed by atoms with E-state index in [0.29, 0.717) is 6.04 Å².